The van der Waals surface area contributed by atoms with Crippen LogP contribution in [0.15, 0.2) is 24.3 Å². The van der Waals surface area contributed by atoms with Crippen molar-refractivity contribution >= 4 is 11.8 Å². The highest BCUT2D eigenvalue weighted by molar-refractivity contribution is 5.70. The summed E-state index contributed by atoms with van der Waals surface area (Å²) in [5, 5.41) is 3.66. The Morgan fingerprint density at radius 3 is 2.47 bits per heavy atom. The molecule has 1 rings (SSSR count). The molecule has 0 saturated carbocycles. The summed E-state index contributed by atoms with van der Waals surface area (Å²) in [7, 11) is 0. The molecule has 1 aromatic carbocycles. The molecule has 1 aromatic rings. The van der Waals surface area contributed by atoms with E-state index in [-0.39, 0.29) is 0 Å². The van der Waals surface area contributed by atoms with Gasteiger partial charge >= 0.3 is 0 Å². The molecule has 0 aliphatic heterocycles. The van der Waals surface area contributed by atoms with E-state index < -0.39 is 0 Å². The van der Waals surface area contributed by atoms with Crippen molar-refractivity contribution in [3.63, 3.8) is 0 Å². The Balaban J connectivity index is 3.07. The zero-order valence-electron chi connectivity index (χ0n) is 13.2. The molecule has 1 N–H and O–H groups in total. The Morgan fingerprint density at radius 2 is 1.89 bits per heavy atom. The topological polar surface area (TPSA) is 12.0 Å². The van der Waals surface area contributed by atoms with Gasteiger partial charge in [0.15, 0.2) is 0 Å². The molecule has 0 fully saturated rings. The predicted octanol–water partition coefficient (Wildman–Crippen LogP) is 5.83. The number of anilines is 1. The highest BCUT2D eigenvalue weighted by atomic mass is 14.9. The third-order valence-corrected chi connectivity index (χ3v) is 3.41. The van der Waals surface area contributed by atoms with E-state index in [1.807, 2.05) is 0 Å². The number of rotatable bonds is 7. The fourth-order valence-corrected chi connectivity index (χ4v) is 2.40. The minimum atomic E-state index is 0.529. The fourth-order valence-electron chi connectivity index (χ4n) is 2.40. The number of nitrogens with one attached hydrogen (secondary N) is 1. The standard InChI is InChI=1S/C18H29N/c1-6-8-11-17-16(14(3)4)12-9-13-18(17)19-15(5)10-7-2/h8-9,11-15,19H,6-7,10H2,1-5H3/b11-8-. The predicted molar refractivity (Wildman–Crippen MR) is 87.8 cm³/mol. The lowest BCUT2D eigenvalue weighted by Gasteiger charge is -2.20. The minimum absolute atomic E-state index is 0.529. The van der Waals surface area contributed by atoms with Crippen molar-refractivity contribution < 1.29 is 0 Å². The van der Waals surface area contributed by atoms with Crippen LogP contribution in [0.5, 0.6) is 0 Å². The number of hydrogen-bond acceptors (Lipinski definition) is 1. The van der Waals surface area contributed by atoms with Crippen LogP contribution >= 0.6 is 0 Å². The summed E-state index contributed by atoms with van der Waals surface area (Å²) in [5.41, 5.74) is 4.07. The van der Waals surface area contributed by atoms with Crippen molar-refractivity contribution in [3.05, 3.63) is 35.4 Å². The molecule has 0 aromatic heterocycles. The van der Waals surface area contributed by atoms with Gasteiger partial charge in [-0.05, 0) is 37.3 Å². The van der Waals surface area contributed by atoms with Gasteiger partial charge in [0.2, 0.25) is 0 Å². The highest BCUT2D eigenvalue weighted by Crippen LogP contribution is 2.28. The van der Waals surface area contributed by atoms with Crippen LogP contribution in [-0.2, 0) is 0 Å². The molecule has 0 heterocycles. The van der Waals surface area contributed by atoms with Crippen LogP contribution in [-0.4, -0.2) is 6.04 Å². The second-order valence-electron chi connectivity index (χ2n) is 5.61. The molecule has 0 aliphatic carbocycles. The molecule has 0 amide bonds. The molecule has 0 spiro atoms. The average Bonchev–Trinajstić information content (AvgIpc) is 2.37. The summed E-state index contributed by atoms with van der Waals surface area (Å²) < 4.78 is 0. The Kier molecular flexibility index (Phi) is 6.69. The van der Waals surface area contributed by atoms with E-state index in [1.54, 1.807) is 0 Å². The Hall–Kier alpha value is -1.24. The first-order valence-corrected chi connectivity index (χ1v) is 7.66. The second kappa shape index (κ2) is 8.04. The first kappa shape index (κ1) is 15.8. The van der Waals surface area contributed by atoms with Crippen molar-refractivity contribution in [2.75, 3.05) is 5.32 Å². The smallest absolute Gasteiger partial charge is 0.0418 e. The third kappa shape index (κ3) is 4.74. The lowest BCUT2D eigenvalue weighted by atomic mass is 9.95. The van der Waals surface area contributed by atoms with Crippen LogP contribution in [0.25, 0.3) is 6.08 Å². The van der Waals surface area contributed by atoms with E-state index >= 15 is 0 Å². The third-order valence-electron chi connectivity index (χ3n) is 3.41. The summed E-state index contributed by atoms with van der Waals surface area (Å²) in [6.07, 6.45) is 8.03. The van der Waals surface area contributed by atoms with E-state index in [0.717, 1.165) is 6.42 Å². The van der Waals surface area contributed by atoms with Gasteiger partial charge in [-0.25, -0.2) is 0 Å². The summed E-state index contributed by atoms with van der Waals surface area (Å²) in [4.78, 5) is 0. The molecule has 0 radical (unpaired) electrons. The molecule has 1 unspecified atom stereocenters. The van der Waals surface area contributed by atoms with Crippen molar-refractivity contribution in [2.45, 2.75) is 65.8 Å². The van der Waals surface area contributed by atoms with Gasteiger partial charge in [-0.1, -0.05) is 58.4 Å². The van der Waals surface area contributed by atoms with Gasteiger partial charge in [0, 0.05) is 17.3 Å². The van der Waals surface area contributed by atoms with Crippen LogP contribution in [0.1, 0.15) is 70.9 Å². The first-order valence-electron chi connectivity index (χ1n) is 7.66. The normalized spacial score (nSPS) is 13.2. The van der Waals surface area contributed by atoms with E-state index in [2.05, 4.69) is 70.3 Å². The zero-order valence-corrected chi connectivity index (χ0v) is 13.2. The average molecular weight is 259 g/mol. The summed E-state index contributed by atoms with van der Waals surface area (Å²) in [5.74, 6) is 0.555. The maximum absolute atomic E-state index is 3.66. The maximum atomic E-state index is 3.66. The molecule has 0 saturated heterocycles. The van der Waals surface area contributed by atoms with Crippen molar-refractivity contribution in [3.8, 4) is 0 Å². The molecular weight excluding hydrogens is 230 g/mol. The van der Waals surface area contributed by atoms with Crippen LogP contribution in [0, 0.1) is 0 Å². The van der Waals surface area contributed by atoms with E-state index in [1.165, 1.54) is 29.7 Å². The minimum Gasteiger partial charge on any atom is -0.382 e. The van der Waals surface area contributed by atoms with E-state index in [4.69, 9.17) is 0 Å². The van der Waals surface area contributed by atoms with Crippen LogP contribution < -0.4 is 5.32 Å². The molecule has 1 nitrogen and oxygen atoms in total. The summed E-state index contributed by atoms with van der Waals surface area (Å²) >= 11 is 0. The lowest BCUT2D eigenvalue weighted by molar-refractivity contribution is 0.690. The van der Waals surface area contributed by atoms with E-state index in [0.29, 0.717) is 12.0 Å². The van der Waals surface area contributed by atoms with Crippen molar-refractivity contribution in [2.24, 2.45) is 0 Å². The van der Waals surface area contributed by atoms with Gasteiger partial charge in [-0.3, -0.25) is 0 Å². The molecule has 1 atom stereocenters. The number of allylic oxidation sites excluding steroid dienone is 1. The van der Waals surface area contributed by atoms with Gasteiger partial charge in [0.1, 0.15) is 0 Å². The summed E-state index contributed by atoms with van der Waals surface area (Å²) in [6.45, 7) is 11.2. The lowest BCUT2D eigenvalue weighted by Crippen LogP contribution is -2.15. The Bertz CT molecular complexity index is 404. The maximum Gasteiger partial charge on any atom is 0.0418 e. The van der Waals surface area contributed by atoms with Crippen LogP contribution in [0.2, 0.25) is 0 Å². The Labute approximate surface area is 119 Å². The SMILES string of the molecule is CC/C=C\c1c(NC(C)CCC)cccc1C(C)C. The fraction of sp³-hybridized carbons (Fsp3) is 0.556. The number of hydrogen-bond donors (Lipinski definition) is 1. The number of benzene rings is 1. The van der Waals surface area contributed by atoms with Crippen LogP contribution in [0.4, 0.5) is 5.69 Å². The zero-order chi connectivity index (χ0) is 14.3. The summed E-state index contributed by atoms with van der Waals surface area (Å²) in [6, 6.07) is 7.14. The second-order valence-corrected chi connectivity index (χ2v) is 5.61. The molecule has 0 aliphatic rings. The van der Waals surface area contributed by atoms with Gasteiger partial charge in [-0.15, -0.1) is 0 Å². The largest absolute Gasteiger partial charge is 0.382 e. The quantitative estimate of drug-likeness (QED) is 0.649. The van der Waals surface area contributed by atoms with Gasteiger partial charge < -0.3 is 5.32 Å². The van der Waals surface area contributed by atoms with Crippen LogP contribution in [0.3, 0.4) is 0 Å². The van der Waals surface area contributed by atoms with Gasteiger partial charge in [0.05, 0.1) is 0 Å². The van der Waals surface area contributed by atoms with Crippen molar-refractivity contribution in [1.82, 2.24) is 0 Å². The Morgan fingerprint density at radius 1 is 1.16 bits per heavy atom. The highest BCUT2D eigenvalue weighted by Gasteiger charge is 2.10. The van der Waals surface area contributed by atoms with E-state index in [9.17, 15) is 0 Å². The molecule has 1 heteroatoms. The van der Waals surface area contributed by atoms with Gasteiger partial charge in [0.25, 0.3) is 0 Å². The monoisotopic (exact) mass is 259 g/mol. The van der Waals surface area contributed by atoms with Crippen molar-refractivity contribution in [1.29, 1.82) is 0 Å². The first-order chi connectivity index (χ1) is 9.10. The molecule has 0 bridgehead atoms. The molecular formula is C18H29N. The van der Waals surface area contributed by atoms with Gasteiger partial charge in [-0.2, -0.15) is 0 Å². The molecule has 19 heavy (non-hydrogen) atoms. The molecule has 106 valence electrons.